The van der Waals surface area contributed by atoms with Crippen molar-refractivity contribution < 1.29 is 8.42 Å². The largest absolute Gasteiger partial charge is 0.383 e. The molecule has 1 aromatic heterocycles. The molecular formula is C14H17N3O2S. The molecule has 0 unspecified atom stereocenters. The smallest absolute Gasteiger partial charge is 0.152 e. The number of pyridine rings is 1. The van der Waals surface area contributed by atoms with Crippen LogP contribution in [0.1, 0.15) is 5.56 Å². The van der Waals surface area contributed by atoms with Crippen molar-refractivity contribution in [3.63, 3.8) is 0 Å². The molecule has 0 spiro atoms. The van der Waals surface area contributed by atoms with Crippen molar-refractivity contribution in [2.24, 2.45) is 0 Å². The Bertz CT molecular complexity index is 729. The van der Waals surface area contributed by atoms with Gasteiger partial charge in [-0.2, -0.15) is 0 Å². The van der Waals surface area contributed by atoms with Crippen molar-refractivity contribution in [1.82, 2.24) is 9.88 Å². The molecule has 2 heterocycles. The number of nitrogens with two attached hydrogens (primary N) is 1. The molecule has 0 radical (unpaired) electrons. The third-order valence-electron chi connectivity index (χ3n) is 3.67. The highest BCUT2D eigenvalue weighted by molar-refractivity contribution is 7.91. The summed E-state index contributed by atoms with van der Waals surface area (Å²) in [4.78, 5) is 6.52. The Kier molecular flexibility index (Phi) is 3.35. The minimum absolute atomic E-state index is 0.230. The summed E-state index contributed by atoms with van der Waals surface area (Å²) in [7, 11) is -2.84. The molecule has 2 aromatic rings. The number of fused-ring (bicyclic) bond motifs is 1. The van der Waals surface area contributed by atoms with Crippen LogP contribution in [-0.2, 0) is 16.4 Å². The standard InChI is InChI=1S/C14H17N3O2S/c15-14-12(9-11-3-1-2-4-13(11)16-14)10-17-5-7-20(18,19)8-6-17/h1-4,9H,5-8,10H2,(H2,15,16). The average Bonchev–Trinajstić information content (AvgIpc) is 2.42. The number of rotatable bonds is 2. The van der Waals surface area contributed by atoms with Crippen LogP contribution in [-0.4, -0.2) is 42.9 Å². The minimum Gasteiger partial charge on any atom is -0.383 e. The van der Waals surface area contributed by atoms with E-state index in [2.05, 4.69) is 9.88 Å². The lowest BCUT2D eigenvalue weighted by Gasteiger charge is -2.26. The van der Waals surface area contributed by atoms with E-state index in [0.717, 1.165) is 16.5 Å². The summed E-state index contributed by atoms with van der Waals surface area (Å²) in [5.74, 6) is 0.985. The van der Waals surface area contributed by atoms with E-state index in [1.165, 1.54) is 0 Å². The summed E-state index contributed by atoms with van der Waals surface area (Å²) in [6, 6.07) is 9.89. The van der Waals surface area contributed by atoms with Gasteiger partial charge in [-0.15, -0.1) is 0 Å². The molecular weight excluding hydrogens is 274 g/mol. The highest BCUT2D eigenvalue weighted by Crippen LogP contribution is 2.20. The van der Waals surface area contributed by atoms with Crippen LogP contribution < -0.4 is 5.73 Å². The van der Waals surface area contributed by atoms with Gasteiger partial charge in [0.15, 0.2) is 9.84 Å². The molecule has 1 aromatic carbocycles. The zero-order valence-corrected chi connectivity index (χ0v) is 11.9. The predicted molar refractivity (Wildman–Crippen MR) is 80.1 cm³/mol. The van der Waals surface area contributed by atoms with E-state index in [9.17, 15) is 8.42 Å². The number of aromatic nitrogens is 1. The van der Waals surface area contributed by atoms with E-state index in [1.807, 2.05) is 30.3 Å². The predicted octanol–water partition coefficient (Wildman–Crippen LogP) is 1.05. The van der Waals surface area contributed by atoms with Gasteiger partial charge in [0.2, 0.25) is 0 Å². The topological polar surface area (TPSA) is 76.3 Å². The maximum absolute atomic E-state index is 11.4. The second kappa shape index (κ2) is 5.03. The lowest BCUT2D eigenvalue weighted by atomic mass is 10.1. The Balaban J connectivity index is 1.82. The lowest BCUT2D eigenvalue weighted by molar-refractivity contribution is 0.288. The van der Waals surface area contributed by atoms with E-state index in [4.69, 9.17) is 5.73 Å². The van der Waals surface area contributed by atoms with E-state index >= 15 is 0 Å². The Morgan fingerprint density at radius 3 is 2.65 bits per heavy atom. The van der Waals surface area contributed by atoms with Crippen molar-refractivity contribution in [3.05, 3.63) is 35.9 Å². The van der Waals surface area contributed by atoms with E-state index in [-0.39, 0.29) is 11.5 Å². The monoisotopic (exact) mass is 291 g/mol. The summed E-state index contributed by atoms with van der Waals surface area (Å²) in [5, 5.41) is 1.06. The van der Waals surface area contributed by atoms with Crippen LogP contribution >= 0.6 is 0 Å². The summed E-state index contributed by atoms with van der Waals surface area (Å²) >= 11 is 0. The van der Waals surface area contributed by atoms with Gasteiger partial charge in [0.25, 0.3) is 0 Å². The maximum Gasteiger partial charge on any atom is 0.152 e. The lowest BCUT2D eigenvalue weighted by Crippen LogP contribution is -2.39. The van der Waals surface area contributed by atoms with Gasteiger partial charge >= 0.3 is 0 Å². The van der Waals surface area contributed by atoms with E-state index in [1.54, 1.807) is 0 Å². The Hall–Kier alpha value is -1.66. The number of nitrogens with zero attached hydrogens (tertiary/aromatic N) is 2. The molecule has 0 bridgehead atoms. The third kappa shape index (κ3) is 2.76. The van der Waals surface area contributed by atoms with Crippen LogP contribution in [0.3, 0.4) is 0 Å². The summed E-state index contributed by atoms with van der Waals surface area (Å²) in [6.07, 6.45) is 0. The summed E-state index contributed by atoms with van der Waals surface area (Å²) in [6.45, 7) is 1.78. The van der Waals surface area contributed by atoms with Crippen LogP contribution in [0, 0.1) is 0 Å². The first-order chi connectivity index (χ1) is 9.53. The molecule has 5 nitrogen and oxygen atoms in total. The van der Waals surface area contributed by atoms with Gasteiger partial charge < -0.3 is 5.73 Å². The van der Waals surface area contributed by atoms with Gasteiger partial charge in [-0.1, -0.05) is 18.2 Å². The molecule has 6 heteroatoms. The van der Waals surface area contributed by atoms with Gasteiger partial charge in [0.05, 0.1) is 17.0 Å². The van der Waals surface area contributed by atoms with Gasteiger partial charge in [-0.25, -0.2) is 13.4 Å². The third-order valence-corrected chi connectivity index (χ3v) is 5.28. The quantitative estimate of drug-likeness (QED) is 0.895. The highest BCUT2D eigenvalue weighted by Gasteiger charge is 2.22. The Morgan fingerprint density at radius 2 is 1.90 bits per heavy atom. The van der Waals surface area contributed by atoms with Gasteiger partial charge in [-0.05, 0) is 12.1 Å². The molecule has 106 valence electrons. The molecule has 0 atom stereocenters. The van der Waals surface area contributed by atoms with Crippen LogP contribution in [0.15, 0.2) is 30.3 Å². The van der Waals surface area contributed by atoms with Crippen LogP contribution in [0.4, 0.5) is 5.82 Å². The van der Waals surface area contributed by atoms with E-state index in [0.29, 0.717) is 25.5 Å². The molecule has 1 aliphatic heterocycles. The fraction of sp³-hybridized carbons (Fsp3) is 0.357. The maximum atomic E-state index is 11.4. The zero-order valence-electron chi connectivity index (χ0n) is 11.1. The number of nitrogen functional groups attached to an aromatic ring is 1. The SMILES string of the molecule is Nc1nc2ccccc2cc1CN1CCS(=O)(=O)CC1. The van der Waals surface area contributed by atoms with Crippen LogP contribution in [0.5, 0.6) is 0 Å². The van der Waals surface area contributed by atoms with Crippen molar-refractivity contribution in [2.75, 3.05) is 30.3 Å². The minimum atomic E-state index is -2.84. The molecule has 1 saturated heterocycles. The molecule has 2 N–H and O–H groups in total. The first-order valence-corrected chi connectivity index (χ1v) is 8.42. The number of sulfone groups is 1. The molecule has 3 rings (SSSR count). The molecule has 1 fully saturated rings. The molecule has 1 aliphatic rings. The van der Waals surface area contributed by atoms with Crippen molar-refractivity contribution in [2.45, 2.75) is 6.54 Å². The normalized spacial score (nSPS) is 19.2. The van der Waals surface area contributed by atoms with Gasteiger partial charge in [0.1, 0.15) is 5.82 Å². The first-order valence-electron chi connectivity index (χ1n) is 6.60. The van der Waals surface area contributed by atoms with Crippen molar-refractivity contribution in [3.8, 4) is 0 Å². The fourth-order valence-corrected chi connectivity index (χ4v) is 3.73. The number of hydrogen-bond donors (Lipinski definition) is 1. The summed E-state index contributed by atoms with van der Waals surface area (Å²) in [5.41, 5.74) is 7.85. The van der Waals surface area contributed by atoms with Crippen LogP contribution in [0.25, 0.3) is 10.9 Å². The molecule has 0 saturated carbocycles. The highest BCUT2D eigenvalue weighted by atomic mass is 32.2. The Labute approximate surface area is 118 Å². The number of anilines is 1. The number of para-hydroxylation sites is 1. The number of benzene rings is 1. The Morgan fingerprint density at radius 1 is 1.20 bits per heavy atom. The summed E-state index contributed by atoms with van der Waals surface area (Å²) < 4.78 is 22.9. The van der Waals surface area contributed by atoms with Gasteiger partial charge in [-0.3, -0.25) is 4.90 Å². The van der Waals surface area contributed by atoms with Crippen LogP contribution in [0.2, 0.25) is 0 Å². The molecule has 0 aliphatic carbocycles. The number of hydrogen-bond acceptors (Lipinski definition) is 5. The second-order valence-corrected chi connectivity index (χ2v) is 7.46. The van der Waals surface area contributed by atoms with Gasteiger partial charge in [0, 0.05) is 30.6 Å². The molecule has 20 heavy (non-hydrogen) atoms. The first kappa shape index (κ1) is 13.3. The van der Waals surface area contributed by atoms with Crippen molar-refractivity contribution >= 4 is 26.6 Å². The van der Waals surface area contributed by atoms with E-state index < -0.39 is 9.84 Å². The molecule has 0 amide bonds. The second-order valence-electron chi connectivity index (χ2n) is 5.15. The average molecular weight is 291 g/mol. The van der Waals surface area contributed by atoms with Crippen molar-refractivity contribution in [1.29, 1.82) is 0 Å². The fourth-order valence-electron chi connectivity index (χ4n) is 2.45. The zero-order chi connectivity index (χ0) is 14.2.